The van der Waals surface area contributed by atoms with Gasteiger partial charge in [-0.2, -0.15) is 0 Å². The van der Waals surface area contributed by atoms with Gasteiger partial charge in [0, 0.05) is 6.07 Å². The number of methoxy groups -OCH3 is 1. The van der Waals surface area contributed by atoms with Crippen LogP contribution < -0.4 is 10.1 Å². The first-order chi connectivity index (χ1) is 7.60. The minimum atomic E-state index is -0.185. The molecule has 3 heteroatoms. The molecule has 0 amide bonds. The van der Waals surface area contributed by atoms with E-state index in [0.29, 0.717) is 11.7 Å². The maximum atomic E-state index is 13.8. The van der Waals surface area contributed by atoms with Crippen LogP contribution in [0.4, 0.5) is 4.39 Å². The molecule has 0 aromatic heterocycles. The molecule has 2 unspecified atom stereocenters. The Bertz CT molecular complexity index is 341. The minimum absolute atomic E-state index is 0.185. The highest BCUT2D eigenvalue weighted by Crippen LogP contribution is 2.28. The summed E-state index contributed by atoms with van der Waals surface area (Å²) in [6.07, 6.45) is 0. The van der Waals surface area contributed by atoms with Crippen LogP contribution in [-0.2, 0) is 0 Å². The van der Waals surface area contributed by atoms with Crippen molar-refractivity contribution in [1.82, 2.24) is 5.32 Å². The Balaban J connectivity index is 2.87. The van der Waals surface area contributed by atoms with Gasteiger partial charge in [0.1, 0.15) is 11.6 Å². The Morgan fingerprint density at radius 2 is 2.06 bits per heavy atom. The molecule has 0 saturated carbocycles. The summed E-state index contributed by atoms with van der Waals surface area (Å²) in [5.41, 5.74) is 0.753. The minimum Gasteiger partial charge on any atom is -0.497 e. The van der Waals surface area contributed by atoms with Crippen LogP contribution in [0.1, 0.15) is 25.3 Å². The number of halogens is 1. The van der Waals surface area contributed by atoms with E-state index in [0.717, 1.165) is 12.1 Å². The maximum Gasteiger partial charge on any atom is 0.130 e. The predicted octanol–water partition coefficient (Wildman–Crippen LogP) is 2.79. The van der Waals surface area contributed by atoms with E-state index < -0.39 is 0 Å². The van der Waals surface area contributed by atoms with E-state index in [9.17, 15) is 4.39 Å². The van der Waals surface area contributed by atoms with Crippen LogP contribution in [0.5, 0.6) is 5.75 Å². The summed E-state index contributed by atoms with van der Waals surface area (Å²) >= 11 is 0. The van der Waals surface area contributed by atoms with Crippen molar-refractivity contribution in [1.29, 1.82) is 0 Å². The first-order valence-corrected chi connectivity index (χ1v) is 5.58. The van der Waals surface area contributed by atoms with Gasteiger partial charge >= 0.3 is 0 Å². The molecule has 0 spiro atoms. The van der Waals surface area contributed by atoms with Crippen molar-refractivity contribution < 1.29 is 9.13 Å². The van der Waals surface area contributed by atoms with E-state index in [1.165, 1.54) is 6.07 Å². The van der Waals surface area contributed by atoms with Crippen LogP contribution in [0.2, 0.25) is 0 Å². The Kier molecular flexibility index (Phi) is 4.74. The van der Waals surface area contributed by atoms with Crippen molar-refractivity contribution in [3.8, 4) is 5.75 Å². The van der Waals surface area contributed by atoms with Gasteiger partial charge in [0.15, 0.2) is 0 Å². The van der Waals surface area contributed by atoms with Crippen molar-refractivity contribution in [3.05, 3.63) is 29.6 Å². The molecule has 0 aliphatic rings. The highest BCUT2D eigenvalue weighted by Gasteiger charge is 2.17. The Morgan fingerprint density at radius 1 is 1.38 bits per heavy atom. The smallest absolute Gasteiger partial charge is 0.130 e. The molecule has 1 aromatic rings. The van der Waals surface area contributed by atoms with Crippen LogP contribution in [0, 0.1) is 11.7 Å². The number of rotatable bonds is 5. The van der Waals surface area contributed by atoms with Crippen molar-refractivity contribution in [2.45, 2.75) is 19.8 Å². The molecule has 0 aliphatic carbocycles. The normalized spacial score (nSPS) is 14.6. The third kappa shape index (κ3) is 2.95. The molecule has 1 aromatic carbocycles. The van der Waals surface area contributed by atoms with Crippen molar-refractivity contribution in [2.24, 2.45) is 5.92 Å². The first kappa shape index (κ1) is 13.0. The Hall–Kier alpha value is -1.09. The molecule has 2 nitrogen and oxygen atoms in total. The molecule has 0 bridgehead atoms. The lowest BCUT2D eigenvalue weighted by molar-refractivity contribution is 0.407. The number of ether oxygens (including phenoxy) is 1. The molecule has 0 fully saturated rings. The lowest BCUT2D eigenvalue weighted by atomic mass is 9.88. The summed E-state index contributed by atoms with van der Waals surface area (Å²) in [6.45, 7) is 5.05. The predicted molar refractivity (Wildman–Crippen MR) is 64.5 cm³/mol. The number of hydrogen-bond acceptors (Lipinski definition) is 2. The molecule has 2 atom stereocenters. The quantitative estimate of drug-likeness (QED) is 0.832. The van der Waals surface area contributed by atoms with E-state index >= 15 is 0 Å². The van der Waals surface area contributed by atoms with E-state index in [4.69, 9.17) is 4.74 Å². The topological polar surface area (TPSA) is 21.3 Å². The third-order valence-electron chi connectivity index (χ3n) is 3.08. The van der Waals surface area contributed by atoms with Gasteiger partial charge in [-0.25, -0.2) is 4.39 Å². The monoisotopic (exact) mass is 225 g/mol. The summed E-state index contributed by atoms with van der Waals surface area (Å²) < 4.78 is 18.8. The summed E-state index contributed by atoms with van der Waals surface area (Å²) in [6, 6.07) is 5.06. The first-order valence-electron chi connectivity index (χ1n) is 5.58. The van der Waals surface area contributed by atoms with Crippen LogP contribution in [0.3, 0.4) is 0 Å². The summed E-state index contributed by atoms with van der Waals surface area (Å²) in [4.78, 5) is 0. The van der Waals surface area contributed by atoms with E-state index in [1.54, 1.807) is 13.2 Å². The van der Waals surface area contributed by atoms with Gasteiger partial charge in [-0.3, -0.25) is 0 Å². The summed E-state index contributed by atoms with van der Waals surface area (Å²) in [5.74, 6) is 0.968. The second-order valence-electron chi connectivity index (χ2n) is 4.21. The maximum absolute atomic E-state index is 13.8. The highest BCUT2D eigenvalue weighted by molar-refractivity contribution is 5.31. The molecule has 0 radical (unpaired) electrons. The molecule has 0 heterocycles. The highest BCUT2D eigenvalue weighted by atomic mass is 19.1. The van der Waals surface area contributed by atoms with Crippen molar-refractivity contribution >= 4 is 0 Å². The Labute approximate surface area is 96.8 Å². The molecular weight excluding hydrogens is 205 g/mol. The average Bonchev–Trinajstić information content (AvgIpc) is 2.28. The average molecular weight is 225 g/mol. The van der Waals surface area contributed by atoms with Gasteiger partial charge in [-0.05, 0) is 37.1 Å². The number of hydrogen-bond donors (Lipinski definition) is 1. The molecular formula is C13H20FNO. The largest absolute Gasteiger partial charge is 0.497 e. The number of nitrogens with one attached hydrogen (secondary N) is 1. The zero-order valence-electron chi connectivity index (χ0n) is 10.4. The SMILES string of the molecule is CNCC(C)C(C)c1ccc(OC)cc1F. The van der Waals surface area contributed by atoms with Crippen molar-refractivity contribution in [2.75, 3.05) is 20.7 Å². The lowest BCUT2D eigenvalue weighted by Crippen LogP contribution is -2.21. The fourth-order valence-corrected chi connectivity index (χ4v) is 1.81. The lowest BCUT2D eigenvalue weighted by Gasteiger charge is -2.20. The summed E-state index contributed by atoms with van der Waals surface area (Å²) in [7, 11) is 3.45. The van der Waals surface area contributed by atoms with E-state index in [-0.39, 0.29) is 11.7 Å². The van der Waals surface area contributed by atoms with Crippen molar-refractivity contribution in [3.63, 3.8) is 0 Å². The van der Waals surface area contributed by atoms with Crippen LogP contribution >= 0.6 is 0 Å². The fourth-order valence-electron chi connectivity index (χ4n) is 1.81. The van der Waals surface area contributed by atoms with Gasteiger partial charge in [-0.15, -0.1) is 0 Å². The molecule has 1 rings (SSSR count). The van der Waals surface area contributed by atoms with E-state index in [2.05, 4.69) is 12.2 Å². The molecule has 90 valence electrons. The molecule has 0 saturated heterocycles. The zero-order valence-corrected chi connectivity index (χ0v) is 10.4. The molecule has 0 aliphatic heterocycles. The second kappa shape index (κ2) is 5.85. The van der Waals surface area contributed by atoms with Crippen LogP contribution in [0.25, 0.3) is 0 Å². The van der Waals surface area contributed by atoms with Gasteiger partial charge in [-0.1, -0.05) is 19.9 Å². The zero-order chi connectivity index (χ0) is 12.1. The van der Waals surface area contributed by atoms with Gasteiger partial charge in [0.25, 0.3) is 0 Å². The van der Waals surface area contributed by atoms with Gasteiger partial charge in [0.05, 0.1) is 7.11 Å². The van der Waals surface area contributed by atoms with Gasteiger partial charge < -0.3 is 10.1 Å². The third-order valence-corrected chi connectivity index (χ3v) is 3.08. The number of benzene rings is 1. The van der Waals surface area contributed by atoms with E-state index in [1.807, 2.05) is 20.0 Å². The van der Waals surface area contributed by atoms with Crippen LogP contribution in [0.15, 0.2) is 18.2 Å². The summed E-state index contributed by atoms with van der Waals surface area (Å²) in [5, 5.41) is 3.11. The van der Waals surface area contributed by atoms with Gasteiger partial charge in [0.2, 0.25) is 0 Å². The van der Waals surface area contributed by atoms with Crippen LogP contribution in [-0.4, -0.2) is 20.7 Å². The Morgan fingerprint density at radius 3 is 2.56 bits per heavy atom. The molecule has 16 heavy (non-hydrogen) atoms. The fraction of sp³-hybridized carbons (Fsp3) is 0.538. The molecule has 1 N–H and O–H groups in total. The standard InChI is InChI=1S/C13H20FNO/c1-9(8-15-3)10(2)12-6-5-11(16-4)7-13(12)14/h5-7,9-10,15H,8H2,1-4H3. The second-order valence-corrected chi connectivity index (χ2v) is 4.21.